The zero-order valence-electron chi connectivity index (χ0n) is 8.02. The van der Waals surface area contributed by atoms with Crippen molar-refractivity contribution < 1.29 is 22.5 Å². The lowest BCUT2D eigenvalue weighted by Crippen LogP contribution is -2.26. The smallest absolute Gasteiger partial charge is 0.319 e. The van der Waals surface area contributed by atoms with Crippen LogP contribution in [-0.4, -0.2) is 44.4 Å². The topological polar surface area (TPSA) is 92.7 Å². The van der Waals surface area contributed by atoms with Crippen LogP contribution in [0.3, 0.4) is 0 Å². The van der Waals surface area contributed by atoms with Crippen molar-refractivity contribution in [3.05, 3.63) is 0 Å². The van der Waals surface area contributed by atoms with Crippen LogP contribution in [0.15, 0.2) is 0 Å². The van der Waals surface area contributed by atoms with E-state index in [0.717, 1.165) is 0 Å². The van der Waals surface area contributed by atoms with Crippen LogP contribution >= 0.6 is 0 Å². The molecule has 0 amide bonds. The van der Waals surface area contributed by atoms with Crippen molar-refractivity contribution in [2.24, 2.45) is 0 Å². The SMILES string of the molecule is CCOC(=O)CNCCCS(=O)(=O)O. The molecule has 84 valence electrons. The number of carbonyl (C=O) groups excluding carboxylic acids is 1. The molecule has 14 heavy (non-hydrogen) atoms. The Balaban J connectivity index is 3.34. The van der Waals surface area contributed by atoms with Gasteiger partial charge in [-0.25, -0.2) is 0 Å². The minimum absolute atomic E-state index is 0.0549. The molecule has 0 unspecified atom stereocenters. The van der Waals surface area contributed by atoms with Crippen LogP contribution in [0.4, 0.5) is 0 Å². The van der Waals surface area contributed by atoms with Crippen LogP contribution in [0.5, 0.6) is 0 Å². The number of hydrogen-bond donors (Lipinski definition) is 2. The van der Waals surface area contributed by atoms with Crippen molar-refractivity contribution in [3.63, 3.8) is 0 Å². The van der Waals surface area contributed by atoms with Gasteiger partial charge in [-0.15, -0.1) is 0 Å². The van der Waals surface area contributed by atoms with Gasteiger partial charge in [-0.2, -0.15) is 8.42 Å². The van der Waals surface area contributed by atoms with Crippen LogP contribution < -0.4 is 5.32 Å². The molecular formula is C7H15NO5S. The molecule has 2 N–H and O–H groups in total. The predicted octanol–water partition coefficient (Wildman–Crippen LogP) is -0.583. The molecule has 0 aliphatic heterocycles. The predicted molar refractivity (Wildman–Crippen MR) is 50.5 cm³/mol. The summed E-state index contributed by atoms with van der Waals surface area (Å²) in [5.41, 5.74) is 0. The Hall–Kier alpha value is -0.660. The van der Waals surface area contributed by atoms with E-state index in [1.807, 2.05) is 0 Å². The van der Waals surface area contributed by atoms with Crippen molar-refractivity contribution in [2.45, 2.75) is 13.3 Å². The van der Waals surface area contributed by atoms with Crippen molar-refractivity contribution in [2.75, 3.05) is 25.4 Å². The van der Waals surface area contributed by atoms with Crippen LogP contribution in [-0.2, 0) is 19.6 Å². The Labute approximate surface area is 83.4 Å². The standard InChI is InChI=1S/C7H15NO5S/c1-2-13-7(9)6-8-4-3-5-14(10,11)12/h8H,2-6H2,1H3,(H,10,11,12). The van der Waals surface area contributed by atoms with E-state index in [0.29, 0.717) is 13.2 Å². The molecule has 0 aliphatic carbocycles. The maximum absolute atomic E-state index is 10.8. The fourth-order valence-corrected chi connectivity index (χ4v) is 1.29. The van der Waals surface area contributed by atoms with Crippen LogP contribution in [0.1, 0.15) is 13.3 Å². The van der Waals surface area contributed by atoms with Crippen molar-refractivity contribution in [1.82, 2.24) is 5.32 Å². The molecule has 6 nitrogen and oxygen atoms in total. The van der Waals surface area contributed by atoms with Gasteiger partial charge in [0.25, 0.3) is 10.1 Å². The summed E-state index contributed by atoms with van der Waals surface area (Å²) in [7, 11) is -3.89. The van der Waals surface area contributed by atoms with Crippen LogP contribution in [0, 0.1) is 0 Å². The molecular weight excluding hydrogens is 210 g/mol. The lowest BCUT2D eigenvalue weighted by atomic mass is 10.5. The second-order valence-electron chi connectivity index (χ2n) is 2.62. The van der Waals surface area contributed by atoms with E-state index >= 15 is 0 Å². The Morgan fingerprint density at radius 3 is 2.64 bits per heavy atom. The first kappa shape index (κ1) is 13.3. The third-order valence-corrected chi connectivity index (χ3v) is 2.14. The number of ether oxygens (including phenoxy) is 1. The van der Waals surface area contributed by atoms with Crippen molar-refractivity contribution >= 4 is 16.1 Å². The quantitative estimate of drug-likeness (QED) is 0.342. The van der Waals surface area contributed by atoms with Crippen molar-refractivity contribution in [1.29, 1.82) is 0 Å². The summed E-state index contributed by atoms with van der Waals surface area (Å²) in [6.07, 6.45) is 0.262. The highest BCUT2D eigenvalue weighted by atomic mass is 32.2. The third-order valence-electron chi connectivity index (χ3n) is 1.33. The Bertz CT molecular complexity index is 261. The lowest BCUT2D eigenvalue weighted by molar-refractivity contribution is -0.141. The van der Waals surface area contributed by atoms with Gasteiger partial charge in [-0.05, 0) is 19.9 Å². The summed E-state index contributed by atoms with van der Waals surface area (Å²) in [6.45, 7) is 2.43. The van der Waals surface area contributed by atoms with Gasteiger partial charge in [0, 0.05) is 0 Å². The maximum Gasteiger partial charge on any atom is 0.319 e. The summed E-state index contributed by atoms with van der Waals surface area (Å²) >= 11 is 0. The van der Waals surface area contributed by atoms with Gasteiger partial charge >= 0.3 is 5.97 Å². The molecule has 0 rings (SSSR count). The molecule has 0 spiro atoms. The van der Waals surface area contributed by atoms with E-state index in [4.69, 9.17) is 4.55 Å². The van der Waals surface area contributed by atoms with Gasteiger partial charge in [0.15, 0.2) is 0 Å². The fraction of sp³-hybridized carbons (Fsp3) is 0.857. The fourth-order valence-electron chi connectivity index (χ4n) is 0.782. The zero-order chi connectivity index (χ0) is 11.0. The van der Waals surface area contributed by atoms with E-state index in [1.54, 1.807) is 6.92 Å². The molecule has 0 aromatic rings. The Kier molecular flexibility index (Phi) is 6.43. The summed E-state index contributed by atoms with van der Waals surface area (Å²) in [5, 5.41) is 2.69. The highest BCUT2D eigenvalue weighted by Crippen LogP contribution is 1.86. The summed E-state index contributed by atoms with van der Waals surface area (Å²) in [6, 6.07) is 0. The molecule has 0 saturated carbocycles. The van der Waals surface area contributed by atoms with Gasteiger partial charge in [0.2, 0.25) is 0 Å². The molecule has 0 fully saturated rings. The maximum atomic E-state index is 10.8. The first-order valence-corrected chi connectivity index (χ1v) is 5.88. The summed E-state index contributed by atoms with van der Waals surface area (Å²) in [4.78, 5) is 10.8. The zero-order valence-corrected chi connectivity index (χ0v) is 8.84. The Morgan fingerprint density at radius 2 is 2.14 bits per heavy atom. The molecule has 0 aliphatic rings. The average molecular weight is 225 g/mol. The number of carbonyl (C=O) groups is 1. The number of rotatable bonds is 7. The lowest BCUT2D eigenvalue weighted by Gasteiger charge is -2.03. The van der Waals surface area contributed by atoms with E-state index < -0.39 is 10.1 Å². The first-order valence-electron chi connectivity index (χ1n) is 4.27. The number of hydrogen-bond acceptors (Lipinski definition) is 5. The molecule has 0 heterocycles. The monoisotopic (exact) mass is 225 g/mol. The van der Waals surface area contributed by atoms with Gasteiger partial charge in [-0.3, -0.25) is 9.35 Å². The minimum atomic E-state index is -3.89. The van der Waals surface area contributed by atoms with Gasteiger partial charge in [-0.1, -0.05) is 0 Å². The molecule has 0 aromatic heterocycles. The highest BCUT2D eigenvalue weighted by Gasteiger charge is 2.04. The molecule has 0 bridgehead atoms. The normalized spacial score (nSPS) is 11.3. The molecule has 7 heteroatoms. The number of esters is 1. The van der Waals surface area contributed by atoms with Gasteiger partial charge < -0.3 is 10.1 Å². The average Bonchev–Trinajstić information content (AvgIpc) is 2.02. The van der Waals surface area contributed by atoms with Gasteiger partial charge in [0.05, 0.1) is 18.9 Å². The van der Waals surface area contributed by atoms with E-state index in [1.165, 1.54) is 0 Å². The van der Waals surface area contributed by atoms with E-state index in [9.17, 15) is 13.2 Å². The minimum Gasteiger partial charge on any atom is -0.465 e. The second-order valence-corrected chi connectivity index (χ2v) is 4.19. The first-order chi connectivity index (χ1) is 6.45. The second kappa shape index (κ2) is 6.74. The van der Waals surface area contributed by atoms with E-state index in [2.05, 4.69) is 10.1 Å². The van der Waals surface area contributed by atoms with Crippen molar-refractivity contribution in [3.8, 4) is 0 Å². The number of nitrogens with one attached hydrogen (secondary N) is 1. The summed E-state index contributed by atoms with van der Waals surface area (Å²) in [5.74, 6) is -0.678. The van der Waals surface area contributed by atoms with Gasteiger partial charge in [0.1, 0.15) is 0 Å². The van der Waals surface area contributed by atoms with Crippen LogP contribution in [0.25, 0.3) is 0 Å². The van der Waals surface area contributed by atoms with Crippen LogP contribution in [0.2, 0.25) is 0 Å². The molecule has 0 radical (unpaired) electrons. The Morgan fingerprint density at radius 1 is 1.50 bits per heavy atom. The molecule has 0 atom stereocenters. The highest BCUT2D eigenvalue weighted by molar-refractivity contribution is 7.85. The third kappa shape index (κ3) is 9.43. The largest absolute Gasteiger partial charge is 0.465 e. The molecule has 0 saturated heterocycles. The summed E-state index contributed by atoms with van der Waals surface area (Å²) < 4.78 is 33.5. The van der Waals surface area contributed by atoms with E-state index in [-0.39, 0.29) is 24.7 Å². The molecule has 0 aromatic carbocycles.